The van der Waals surface area contributed by atoms with Crippen LogP contribution in [-0.4, -0.2) is 28.5 Å². The Morgan fingerprint density at radius 3 is 2.57 bits per heavy atom. The summed E-state index contributed by atoms with van der Waals surface area (Å²) >= 11 is 5.91. The minimum Gasteiger partial charge on any atom is -0.360 e. The van der Waals surface area contributed by atoms with Gasteiger partial charge in [0, 0.05) is 30.9 Å². The van der Waals surface area contributed by atoms with Crippen LogP contribution in [0, 0.1) is 11.3 Å². The van der Waals surface area contributed by atoms with Crippen LogP contribution in [0.15, 0.2) is 36.7 Å². The summed E-state index contributed by atoms with van der Waals surface area (Å²) in [6, 6.07) is 9.57. The van der Waals surface area contributed by atoms with Crippen LogP contribution in [-0.2, 0) is 0 Å². The zero-order chi connectivity index (χ0) is 15.0. The van der Waals surface area contributed by atoms with E-state index < -0.39 is 0 Å². The number of hydrogen-bond acceptors (Lipinski definition) is 4. The molecule has 0 bridgehead atoms. The van der Waals surface area contributed by atoms with E-state index in [9.17, 15) is 5.26 Å². The van der Waals surface area contributed by atoms with Gasteiger partial charge >= 0.3 is 0 Å². The molecule has 2 aromatic heterocycles. The van der Waals surface area contributed by atoms with E-state index >= 15 is 0 Å². The van der Waals surface area contributed by atoms with E-state index in [4.69, 9.17) is 11.6 Å². The van der Waals surface area contributed by atoms with Crippen LogP contribution in [0.4, 0.5) is 5.82 Å². The topological polar surface area (TPSA) is 57.2 Å². The van der Waals surface area contributed by atoms with E-state index in [1.807, 2.05) is 49.5 Å². The van der Waals surface area contributed by atoms with E-state index in [-0.39, 0.29) is 0 Å². The summed E-state index contributed by atoms with van der Waals surface area (Å²) in [4.78, 5) is 10.8. The first-order valence-electron chi connectivity index (χ1n) is 6.31. The number of imidazole rings is 1. The molecule has 3 aromatic rings. The Hall–Kier alpha value is -2.58. The number of fused-ring (bicyclic) bond motifs is 1. The summed E-state index contributed by atoms with van der Waals surface area (Å²) < 4.78 is 1.76. The van der Waals surface area contributed by atoms with Gasteiger partial charge in [0.25, 0.3) is 0 Å². The molecule has 104 valence electrons. The number of rotatable bonds is 2. The van der Waals surface area contributed by atoms with Crippen molar-refractivity contribution in [1.82, 2.24) is 14.4 Å². The van der Waals surface area contributed by atoms with Crippen molar-refractivity contribution in [2.24, 2.45) is 0 Å². The summed E-state index contributed by atoms with van der Waals surface area (Å²) in [6.07, 6.45) is 3.39. The van der Waals surface area contributed by atoms with Crippen molar-refractivity contribution in [2.45, 2.75) is 0 Å². The van der Waals surface area contributed by atoms with E-state index in [0.29, 0.717) is 22.2 Å². The SMILES string of the molecule is CN(C)c1ncc(C#N)n2cc(-c3ccc(Cl)cc3)nc12. The van der Waals surface area contributed by atoms with Crippen LogP contribution in [0.1, 0.15) is 5.69 Å². The average molecular weight is 298 g/mol. The average Bonchev–Trinajstić information content (AvgIpc) is 2.91. The number of hydrogen-bond donors (Lipinski definition) is 0. The molecule has 1 aromatic carbocycles. The van der Waals surface area contributed by atoms with E-state index in [2.05, 4.69) is 16.0 Å². The molecular weight excluding hydrogens is 286 g/mol. The molecule has 3 rings (SSSR count). The fraction of sp³-hybridized carbons (Fsp3) is 0.133. The third-order valence-electron chi connectivity index (χ3n) is 3.15. The fourth-order valence-electron chi connectivity index (χ4n) is 2.12. The molecule has 6 heteroatoms. The van der Waals surface area contributed by atoms with Gasteiger partial charge < -0.3 is 4.90 Å². The Kier molecular flexibility index (Phi) is 3.24. The standard InChI is InChI=1S/C15H12ClN5/c1-20(2)14-15-19-13(10-3-5-11(16)6-4-10)9-21(15)12(7-17)8-18-14/h3-6,8-9H,1-2H3. The smallest absolute Gasteiger partial charge is 0.181 e. The Labute approximate surface area is 127 Å². The lowest BCUT2D eigenvalue weighted by atomic mass is 10.2. The Morgan fingerprint density at radius 2 is 1.95 bits per heavy atom. The van der Waals surface area contributed by atoms with Crippen molar-refractivity contribution in [3.8, 4) is 17.3 Å². The predicted octanol–water partition coefficient (Wildman–Crippen LogP) is 2.99. The predicted molar refractivity (Wildman–Crippen MR) is 82.5 cm³/mol. The van der Waals surface area contributed by atoms with Gasteiger partial charge in [-0.05, 0) is 12.1 Å². The summed E-state index contributed by atoms with van der Waals surface area (Å²) in [6.45, 7) is 0. The molecule has 0 aliphatic carbocycles. The Morgan fingerprint density at radius 1 is 1.24 bits per heavy atom. The van der Waals surface area contributed by atoms with Crippen LogP contribution in [0.25, 0.3) is 16.9 Å². The van der Waals surface area contributed by atoms with Gasteiger partial charge in [-0.3, -0.25) is 4.40 Å². The zero-order valence-electron chi connectivity index (χ0n) is 11.6. The number of nitriles is 1. The third-order valence-corrected chi connectivity index (χ3v) is 3.40. The molecule has 0 aliphatic rings. The van der Waals surface area contributed by atoms with E-state index in [0.717, 1.165) is 11.3 Å². The van der Waals surface area contributed by atoms with Crippen LogP contribution in [0.3, 0.4) is 0 Å². The first-order chi connectivity index (χ1) is 10.1. The molecule has 21 heavy (non-hydrogen) atoms. The number of aromatic nitrogens is 3. The van der Waals surface area contributed by atoms with Crippen molar-refractivity contribution in [2.75, 3.05) is 19.0 Å². The molecule has 0 atom stereocenters. The molecule has 5 nitrogen and oxygen atoms in total. The minimum atomic E-state index is 0.448. The molecular formula is C15H12ClN5. The molecule has 0 amide bonds. The van der Waals surface area contributed by atoms with Gasteiger partial charge in [-0.2, -0.15) is 5.26 Å². The molecule has 0 spiro atoms. The van der Waals surface area contributed by atoms with Crippen molar-refractivity contribution in [3.05, 3.63) is 47.4 Å². The first-order valence-corrected chi connectivity index (χ1v) is 6.69. The number of anilines is 1. The van der Waals surface area contributed by atoms with Crippen LogP contribution in [0.2, 0.25) is 5.02 Å². The van der Waals surface area contributed by atoms with Gasteiger partial charge in [-0.1, -0.05) is 23.7 Å². The summed E-state index contributed by atoms with van der Waals surface area (Å²) in [5.74, 6) is 0.717. The second kappa shape index (κ2) is 5.08. The lowest BCUT2D eigenvalue weighted by Crippen LogP contribution is -2.13. The summed E-state index contributed by atoms with van der Waals surface area (Å²) in [5.41, 5.74) is 2.82. The molecule has 2 heterocycles. The molecule has 0 saturated heterocycles. The second-order valence-corrected chi connectivity index (χ2v) is 5.24. The van der Waals surface area contributed by atoms with Crippen molar-refractivity contribution < 1.29 is 0 Å². The third kappa shape index (κ3) is 2.30. The van der Waals surface area contributed by atoms with E-state index in [1.165, 1.54) is 0 Å². The number of benzene rings is 1. The summed E-state index contributed by atoms with van der Waals surface area (Å²) in [7, 11) is 3.79. The Balaban J connectivity index is 2.25. The molecule has 0 fully saturated rings. The molecule has 0 N–H and O–H groups in total. The van der Waals surface area contributed by atoms with Gasteiger partial charge in [0.1, 0.15) is 11.8 Å². The molecule has 0 unspecified atom stereocenters. The lowest BCUT2D eigenvalue weighted by molar-refractivity contribution is 1.02. The normalized spacial score (nSPS) is 10.6. The van der Waals surface area contributed by atoms with Crippen molar-refractivity contribution in [1.29, 1.82) is 5.26 Å². The molecule has 0 radical (unpaired) electrons. The van der Waals surface area contributed by atoms with Gasteiger partial charge in [0.05, 0.1) is 11.9 Å². The highest BCUT2D eigenvalue weighted by Crippen LogP contribution is 2.25. The molecule has 0 saturated carbocycles. The maximum absolute atomic E-state index is 9.21. The van der Waals surface area contributed by atoms with Gasteiger partial charge in [0.2, 0.25) is 0 Å². The fourth-order valence-corrected chi connectivity index (χ4v) is 2.25. The van der Waals surface area contributed by atoms with Gasteiger partial charge in [-0.25, -0.2) is 9.97 Å². The van der Waals surface area contributed by atoms with Crippen LogP contribution >= 0.6 is 11.6 Å². The van der Waals surface area contributed by atoms with Crippen LogP contribution in [0.5, 0.6) is 0 Å². The van der Waals surface area contributed by atoms with Crippen LogP contribution < -0.4 is 4.90 Å². The van der Waals surface area contributed by atoms with Gasteiger partial charge in [0.15, 0.2) is 11.5 Å². The quantitative estimate of drug-likeness (QED) is 0.729. The zero-order valence-corrected chi connectivity index (χ0v) is 12.3. The second-order valence-electron chi connectivity index (χ2n) is 4.80. The summed E-state index contributed by atoms with van der Waals surface area (Å²) in [5, 5.41) is 9.89. The monoisotopic (exact) mass is 297 g/mol. The van der Waals surface area contributed by atoms with Gasteiger partial charge in [-0.15, -0.1) is 0 Å². The van der Waals surface area contributed by atoms with E-state index in [1.54, 1.807) is 10.6 Å². The highest BCUT2D eigenvalue weighted by molar-refractivity contribution is 6.30. The minimum absolute atomic E-state index is 0.448. The maximum Gasteiger partial charge on any atom is 0.181 e. The molecule has 0 aliphatic heterocycles. The van der Waals surface area contributed by atoms with Crippen molar-refractivity contribution in [3.63, 3.8) is 0 Å². The largest absolute Gasteiger partial charge is 0.360 e. The number of nitrogens with zero attached hydrogens (tertiary/aromatic N) is 5. The highest BCUT2D eigenvalue weighted by Gasteiger charge is 2.13. The Bertz CT molecular complexity index is 843. The first kappa shape index (κ1) is 13.4. The highest BCUT2D eigenvalue weighted by atomic mass is 35.5. The number of halogens is 1. The van der Waals surface area contributed by atoms with Crippen molar-refractivity contribution >= 4 is 23.1 Å². The lowest BCUT2D eigenvalue weighted by Gasteiger charge is -2.11. The maximum atomic E-state index is 9.21.